The Kier molecular flexibility index (Phi) is 5.96. The maximum Gasteiger partial charge on any atom is 0.227 e. The summed E-state index contributed by atoms with van der Waals surface area (Å²) >= 11 is 6.45. The van der Waals surface area contributed by atoms with Gasteiger partial charge in [-0.05, 0) is 41.8 Å². The van der Waals surface area contributed by atoms with Crippen LogP contribution in [0.4, 0.5) is 17.3 Å². The molecule has 0 bridgehead atoms. The van der Waals surface area contributed by atoms with Crippen molar-refractivity contribution >= 4 is 34.8 Å². The molecule has 1 aromatic heterocycles. The number of carbonyl (C=O) groups is 1. The zero-order valence-electron chi connectivity index (χ0n) is 17.2. The molecule has 4 rings (SSSR count). The molecule has 1 amide bonds. The first-order valence-electron chi connectivity index (χ1n) is 9.83. The molecule has 4 aromatic rings. The van der Waals surface area contributed by atoms with Gasteiger partial charge in [-0.15, -0.1) is 0 Å². The van der Waals surface area contributed by atoms with E-state index < -0.39 is 0 Å². The van der Waals surface area contributed by atoms with Crippen LogP contribution < -0.4 is 10.6 Å². The van der Waals surface area contributed by atoms with E-state index in [0.717, 1.165) is 27.9 Å². The summed E-state index contributed by atoms with van der Waals surface area (Å²) in [6.45, 7) is 3.45. The van der Waals surface area contributed by atoms with Crippen LogP contribution in [0.2, 0.25) is 5.02 Å². The lowest BCUT2D eigenvalue weighted by molar-refractivity contribution is -0.114. The highest BCUT2D eigenvalue weighted by atomic mass is 35.5. The number of nitrogens with one attached hydrogen (secondary N) is 2. The number of carbonyl (C=O) groups excluding carboxylic acids is 1. The summed E-state index contributed by atoms with van der Waals surface area (Å²) < 4.78 is 0. The lowest BCUT2D eigenvalue weighted by atomic mass is 10.0. The van der Waals surface area contributed by atoms with Crippen LogP contribution in [0.15, 0.2) is 79.0 Å². The van der Waals surface area contributed by atoms with E-state index in [-0.39, 0.29) is 5.91 Å². The summed E-state index contributed by atoms with van der Waals surface area (Å²) in [4.78, 5) is 20.4. The molecule has 0 fully saturated rings. The molecule has 0 radical (unpaired) electrons. The number of nitrogens with zero attached hydrogens (tertiary/aromatic N) is 2. The lowest BCUT2D eigenvalue weighted by Crippen LogP contribution is -2.07. The fourth-order valence-electron chi connectivity index (χ4n) is 3.26. The molecule has 0 aliphatic heterocycles. The van der Waals surface area contributed by atoms with Gasteiger partial charge in [0.1, 0.15) is 0 Å². The first-order valence-corrected chi connectivity index (χ1v) is 10.2. The zero-order valence-corrected chi connectivity index (χ0v) is 17.9. The van der Waals surface area contributed by atoms with E-state index in [1.165, 1.54) is 6.92 Å². The number of halogens is 1. The third-order valence-corrected chi connectivity index (χ3v) is 5.07. The molecule has 31 heavy (non-hydrogen) atoms. The van der Waals surface area contributed by atoms with Crippen molar-refractivity contribution in [3.05, 3.63) is 89.6 Å². The molecule has 1 heterocycles. The SMILES string of the molecule is CC(=O)Nc1ccc(C)c(Nc2ncc(Cl)c(-c3cccc(-c4ccccc4)c3)n2)c1. The molecule has 2 N–H and O–H groups in total. The molecular formula is C25H21ClN4O. The maximum absolute atomic E-state index is 11.4. The smallest absolute Gasteiger partial charge is 0.227 e. The lowest BCUT2D eigenvalue weighted by Gasteiger charge is -2.12. The molecule has 5 nitrogen and oxygen atoms in total. The summed E-state index contributed by atoms with van der Waals surface area (Å²) in [5.74, 6) is 0.297. The quantitative estimate of drug-likeness (QED) is 0.382. The van der Waals surface area contributed by atoms with E-state index >= 15 is 0 Å². The van der Waals surface area contributed by atoms with Gasteiger partial charge in [0.25, 0.3) is 0 Å². The Morgan fingerprint density at radius 3 is 2.42 bits per heavy atom. The number of aromatic nitrogens is 2. The van der Waals surface area contributed by atoms with Crippen molar-refractivity contribution in [2.45, 2.75) is 13.8 Å². The highest BCUT2D eigenvalue weighted by Crippen LogP contribution is 2.31. The number of benzene rings is 3. The molecule has 0 unspecified atom stereocenters. The fourth-order valence-corrected chi connectivity index (χ4v) is 3.46. The fraction of sp³-hybridized carbons (Fsp3) is 0.0800. The van der Waals surface area contributed by atoms with Crippen molar-refractivity contribution in [1.82, 2.24) is 9.97 Å². The zero-order chi connectivity index (χ0) is 21.8. The van der Waals surface area contributed by atoms with Gasteiger partial charge in [-0.3, -0.25) is 4.79 Å². The second-order valence-corrected chi connectivity index (χ2v) is 7.58. The first kappa shape index (κ1) is 20.6. The molecule has 154 valence electrons. The summed E-state index contributed by atoms with van der Waals surface area (Å²) in [6.07, 6.45) is 1.59. The Morgan fingerprint density at radius 1 is 0.903 bits per heavy atom. The van der Waals surface area contributed by atoms with Gasteiger partial charge < -0.3 is 10.6 Å². The Hall–Kier alpha value is -3.70. The van der Waals surface area contributed by atoms with Crippen molar-refractivity contribution in [2.75, 3.05) is 10.6 Å². The number of rotatable bonds is 5. The minimum atomic E-state index is -0.127. The third kappa shape index (κ3) is 4.90. The number of anilines is 3. The van der Waals surface area contributed by atoms with E-state index in [9.17, 15) is 4.79 Å². The molecule has 0 atom stereocenters. The van der Waals surface area contributed by atoms with Gasteiger partial charge in [0, 0.05) is 23.9 Å². The average molecular weight is 429 g/mol. The van der Waals surface area contributed by atoms with Gasteiger partial charge >= 0.3 is 0 Å². The van der Waals surface area contributed by atoms with Crippen molar-refractivity contribution in [3.8, 4) is 22.4 Å². The molecule has 6 heteroatoms. The molecule has 0 spiro atoms. The van der Waals surface area contributed by atoms with Crippen LogP contribution in [0.1, 0.15) is 12.5 Å². The Morgan fingerprint density at radius 2 is 1.65 bits per heavy atom. The first-order chi connectivity index (χ1) is 15.0. The van der Waals surface area contributed by atoms with Gasteiger partial charge in [-0.2, -0.15) is 0 Å². The highest BCUT2D eigenvalue weighted by molar-refractivity contribution is 6.32. The topological polar surface area (TPSA) is 66.9 Å². The third-order valence-electron chi connectivity index (χ3n) is 4.79. The van der Waals surface area contributed by atoms with Crippen LogP contribution in [-0.2, 0) is 4.79 Å². The minimum absolute atomic E-state index is 0.127. The van der Waals surface area contributed by atoms with Gasteiger partial charge in [0.15, 0.2) is 0 Å². The van der Waals surface area contributed by atoms with Gasteiger partial charge in [0.2, 0.25) is 11.9 Å². The largest absolute Gasteiger partial charge is 0.326 e. The Bertz CT molecular complexity index is 1240. The standard InChI is InChI=1S/C25H21ClN4O/c1-16-11-12-21(28-17(2)31)14-23(16)29-25-27-15-22(26)24(30-25)20-10-6-9-19(13-20)18-7-4-3-5-8-18/h3-15H,1-2H3,(H,28,31)(H,27,29,30). The molecule has 0 saturated carbocycles. The van der Waals surface area contributed by atoms with Crippen molar-refractivity contribution in [3.63, 3.8) is 0 Å². The molecular weight excluding hydrogens is 408 g/mol. The second-order valence-electron chi connectivity index (χ2n) is 7.17. The van der Waals surface area contributed by atoms with Gasteiger partial charge in [-0.1, -0.05) is 66.2 Å². The van der Waals surface area contributed by atoms with E-state index in [4.69, 9.17) is 11.6 Å². The van der Waals surface area contributed by atoms with Crippen molar-refractivity contribution in [2.24, 2.45) is 0 Å². The van der Waals surface area contributed by atoms with E-state index in [1.807, 2.05) is 55.5 Å². The number of hydrogen-bond acceptors (Lipinski definition) is 4. The summed E-state index contributed by atoms with van der Waals surface area (Å²) in [5, 5.41) is 6.49. The van der Waals surface area contributed by atoms with Crippen molar-refractivity contribution < 1.29 is 4.79 Å². The van der Waals surface area contributed by atoms with Crippen LogP contribution in [0, 0.1) is 6.92 Å². The predicted molar refractivity (Wildman–Crippen MR) is 127 cm³/mol. The minimum Gasteiger partial charge on any atom is -0.326 e. The number of aryl methyl sites for hydroxylation is 1. The monoisotopic (exact) mass is 428 g/mol. The van der Waals surface area contributed by atoms with Crippen LogP contribution >= 0.6 is 11.6 Å². The molecule has 0 saturated heterocycles. The molecule has 0 aliphatic rings. The summed E-state index contributed by atoms with van der Waals surface area (Å²) in [5.41, 5.74) is 6.26. The Labute approximate surface area is 186 Å². The summed E-state index contributed by atoms with van der Waals surface area (Å²) in [7, 11) is 0. The molecule has 0 aliphatic carbocycles. The normalized spacial score (nSPS) is 10.5. The second kappa shape index (κ2) is 8.98. The van der Waals surface area contributed by atoms with Gasteiger partial charge in [-0.25, -0.2) is 9.97 Å². The van der Waals surface area contributed by atoms with Crippen LogP contribution in [0.3, 0.4) is 0 Å². The average Bonchev–Trinajstić information content (AvgIpc) is 2.78. The van der Waals surface area contributed by atoms with Gasteiger partial charge in [0.05, 0.1) is 16.9 Å². The van der Waals surface area contributed by atoms with Crippen LogP contribution in [-0.4, -0.2) is 15.9 Å². The van der Waals surface area contributed by atoms with E-state index in [0.29, 0.717) is 22.4 Å². The number of amides is 1. The van der Waals surface area contributed by atoms with Crippen LogP contribution in [0.25, 0.3) is 22.4 Å². The van der Waals surface area contributed by atoms with Crippen molar-refractivity contribution in [1.29, 1.82) is 0 Å². The predicted octanol–water partition coefficient (Wildman–Crippen LogP) is 6.47. The van der Waals surface area contributed by atoms with Crippen LogP contribution in [0.5, 0.6) is 0 Å². The Balaban J connectivity index is 1.67. The van der Waals surface area contributed by atoms with E-state index in [1.54, 1.807) is 6.20 Å². The maximum atomic E-state index is 11.4. The highest BCUT2D eigenvalue weighted by Gasteiger charge is 2.11. The molecule has 3 aromatic carbocycles. The van der Waals surface area contributed by atoms with E-state index in [2.05, 4.69) is 44.9 Å². The number of hydrogen-bond donors (Lipinski definition) is 2. The summed E-state index contributed by atoms with van der Waals surface area (Å²) in [6, 6.07) is 23.9.